The number of hydrogen-bond donors (Lipinski definition) is 0. The van der Waals surface area contributed by atoms with E-state index in [9.17, 15) is 0 Å². The van der Waals surface area contributed by atoms with Crippen LogP contribution in [0.3, 0.4) is 0 Å². The molecule has 27 heavy (non-hydrogen) atoms. The maximum absolute atomic E-state index is 5.97. The first-order chi connectivity index (χ1) is 12.3. The molecular formula is C21H24O4Y2-2. The van der Waals surface area contributed by atoms with Crippen LogP contribution < -0.4 is 0 Å². The van der Waals surface area contributed by atoms with Crippen molar-refractivity contribution in [3.8, 4) is 11.1 Å². The van der Waals surface area contributed by atoms with E-state index in [1.165, 1.54) is 22.3 Å². The Morgan fingerprint density at radius 2 is 1.19 bits per heavy atom. The van der Waals surface area contributed by atoms with Gasteiger partial charge in [0, 0.05) is 92.9 Å². The summed E-state index contributed by atoms with van der Waals surface area (Å²) in [5.41, 5.74) is 4.46. The molecule has 0 N–H and O–H groups in total. The maximum Gasteiger partial charge on any atom is 0.0699 e. The molecule has 1 aliphatic carbocycles. The molecule has 0 saturated heterocycles. The Labute approximate surface area is 212 Å². The fraction of sp³-hybridized carbons (Fsp3) is 0.429. The van der Waals surface area contributed by atoms with E-state index in [0.29, 0.717) is 39.6 Å². The summed E-state index contributed by atoms with van der Waals surface area (Å²) in [6, 6.07) is 18.7. The standard InChI is InChI=1S/C21H24O4.2Y/c1-22-11-13-24-15-21(16-25-14-12-23-2)19-9-5-3-7-17(19)18-8-4-6-10-20(18)21;;/h3-4,7-10H,11-16H2,1-2H3;;/q-2;;. The molecule has 0 unspecified atom stereocenters. The number of ether oxygens (including phenoxy) is 4. The minimum absolute atomic E-state index is 0. The van der Waals surface area contributed by atoms with Gasteiger partial charge >= 0.3 is 0 Å². The minimum Gasteiger partial charge on any atom is -0.382 e. The molecule has 2 aromatic carbocycles. The third kappa shape index (κ3) is 5.77. The summed E-state index contributed by atoms with van der Waals surface area (Å²) in [5.74, 6) is 0. The molecule has 3 rings (SSSR count). The molecule has 1 aliphatic rings. The molecule has 0 heterocycles. The van der Waals surface area contributed by atoms with Crippen LogP contribution in [0, 0.1) is 12.1 Å². The second kappa shape index (κ2) is 12.9. The molecule has 0 aromatic heterocycles. The molecule has 140 valence electrons. The molecule has 0 saturated carbocycles. The van der Waals surface area contributed by atoms with E-state index >= 15 is 0 Å². The Morgan fingerprint density at radius 1 is 0.741 bits per heavy atom. The monoisotopic (exact) mass is 518 g/mol. The molecule has 0 spiro atoms. The first-order valence-electron chi connectivity index (χ1n) is 8.48. The number of benzene rings is 2. The maximum atomic E-state index is 5.97. The van der Waals surface area contributed by atoms with Crippen molar-refractivity contribution in [2.75, 3.05) is 53.9 Å². The Bertz CT molecular complexity index is 634. The van der Waals surface area contributed by atoms with Crippen LogP contribution in [0.5, 0.6) is 0 Å². The van der Waals surface area contributed by atoms with Gasteiger partial charge in [-0.05, 0) is 5.41 Å². The molecule has 6 heteroatoms. The van der Waals surface area contributed by atoms with Gasteiger partial charge < -0.3 is 18.9 Å². The van der Waals surface area contributed by atoms with Crippen LogP contribution in [0.1, 0.15) is 11.1 Å². The largest absolute Gasteiger partial charge is 0.382 e. The number of hydrogen-bond acceptors (Lipinski definition) is 4. The molecule has 0 fully saturated rings. The summed E-state index contributed by atoms with van der Waals surface area (Å²) >= 11 is 0. The normalized spacial score (nSPS) is 13.3. The molecule has 0 bridgehead atoms. The first-order valence-corrected chi connectivity index (χ1v) is 8.48. The van der Waals surface area contributed by atoms with Crippen molar-refractivity contribution in [2.45, 2.75) is 5.41 Å². The van der Waals surface area contributed by atoms with Gasteiger partial charge in [0.1, 0.15) is 0 Å². The molecular weight excluding hydrogens is 494 g/mol. The fourth-order valence-corrected chi connectivity index (χ4v) is 3.40. The first kappa shape index (κ1) is 25.5. The summed E-state index contributed by atoms with van der Waals surface area (Å²) in [6.07, 6.45) is 0. The van der Waals surface area contributed by atoms with Crippen LogP contribution in [0.4, 0.5) is 0 Å². The smallest absolute Gasteiger partial charge is 0.0699 e. The van der Waals surface area contributed by atoms with Crippen LogP contribution in [0.2, 0.25) is 0 Å². The van der Waals surface area contributed by atoms with Crippen LogP contribution in [0.25, 0.3) is 11.1 Å². The topological polar surface area (TPSA) is 36.9 Å². The van der Waals surface area contributed by atoms with E-state index in [0.717, 1.165) is 0 Å². The summed E-state index contributed by atoms with van der Waals surface area (Å²) in [6.45, 7) is 3.30. The van der Waals surface area contributed by atoms with E-state index in [4.69, 9.17) is 18.9 Å². The minimum atomic E-state index is -0.359. The van der Waals surface area contributed by atoms with Gasteiger partial charge in [0.2, 0.25) is 0 Å². The molecule has 0 aliphatic heterocycles. The van der Waals surface area contributed by atoms with Crippen molar-refractivity contribution in [1.29, 1.82) is 0 Å². The molecule has 2 radical (unpaired) electrons. The zero-order valence-electron chi connectivity index (χ0n) is 16.0. The van der Waals surface area contributed by atoms with Crippen molar-refractivity contribution < 1.29 is 84.4 Å². The summed E-state index contributed by atoms with van der Waals surface area (Å²) in [5, 5.41) is 0. The van der Waals surface area contributed by atoms with Gasteiger partial charge in [-0.15, -0.1) is 22.3 Å². The van der Waals surface area contributed by atoms with E-state index < -0.39 is 0 Å². The van der Waals surface area contributed by atoms with Gasteiger partial charge in [-0.1, -0.05) is 0 Å². The Kier molecular flexibility index (Phi) is 12.2. The van der Waals surface area contributed by atoms with Gasteiger partial charge in [-0.2, -0.15) is 48.5 Å². The van der Waals surface area contributed by atoms with Crippen LogP contribution in [-0.2, 0) is 89.8 Å². The van der Waals surface area contributed by atoms with Crippen LogP contribution >= 0.6 is 0 Å². The number of methoxy groups -OCH3 is 2. The van der Waals surface area contributed by atoms with Gasteiger partial charge in [-0.3, -0.25) is 0 Å². The van der Waals surface area contributed by atoms with Gasteiger partial charge in [-0.25, -0.2) is 0 Å². The van der Waals surface area contributed by atoms with E-state index in [2.05, 4.69) is 36.4 Å². The molecule has 2 aromatic rings. The second-order valence-corrected chi connectivity index (χ2v) is 6.12. The van der Waals surface area contributed by atoms with Gasteiger partial charge in [0.15, 0.2) is 0 Å². The molecule has 0 amide bonds. The third-order valence-corrected chi connectivity index (χ3v) is 4.61. The van der Waals surface area contributed by atoms with E-state index in [1.807, 2.05) is 12.1 Å². The number of rotatable bonds is 10. The van der Waals surface area contributed by atoms with Crippen molar-refractivity contribution >= 4 is 0 Å². The van der Waals surface area contributed by atoms with Gasteiger partial charge in [0.25, 0.3) is 0 Å². The second-order valence-electron chi connectivity index (χ2n) is 6.12. The predicted molar refractivity (Wildman–Crippen MR) is 95.7 cm³/mol. The summed E-state index contributed by atoms with van der Waals surface area (Å²) in [7, 11) is 3.36. The third-order valence-electron chi connectivity index (χ3n) is 4.61. The average molecular weight is 518 g/mol. The Morgan fingerprint density at radius 3 is 1.59 bits per heavy atom. The Balaban J connectivity index is 0.00000182. The average Bonchev–Trinajstić information content (AvgIpc) is 2.94. The zero-order chi connectivity index (χ0) is 17.5. The zero-order valence-corrected chi connectivity index (χ0v) is 21.7. The van der Waals surface area contributed by atoms with Crippen LogP contribution in [-0.4, -0.2) is 53.9 Å². The van der Waals surface area contributed by atoms with Crippen molar-refractivity contribution in [3.63, 3.8) is 0 Å². The van der Waals surface area contributed by atoms with Crippen molar-refractivity contribution in [1.82, 2.24) is 0 Å². The predicted octanol–water partition coefficient (Wildman–Crippen LogP) is 2.87. The SMILES string of the molecule is COCCOCC1(COCCOC)c2c[c-]ccc2-c2cc[c-]cc21.[Y].[Y]. The quantitative estimate of drug-likeness (QED) is 0.359. The van der Waals surface area contributed by atoms with E-state index in [1.54, 1.807) is 14.2 Å². The van der Waals surface area contributed by atoms with Crippen molar-refractivity contribution in [3.05, 3.63) is 59.7 Å². The molecule has 4 nitrogen and oxygen atoms in total. The van der Waals surface area contributed by atoms with Crippen LogP contribution in [0.15, 0.2) is 36.4 Å². The number of fused-ring (bicyclic) bond motifs is 3. The van der Waals surface area contributed by atoms with E-state index in [-0.39, 0.29) is 70.8 Å². The van der Waals surface area contributed by atoms with Gasteiger partial charge in [0.05, 0.1) is 26.4 Å². The summed E-state index contributed by atoms with van der Waals surface area (Å²) in [4.78, 5) is 0. The van der Waals surface area contributed by atoms with Crippen molar-refractivity contribution in [2.24, 2.45) is 0 Å². The molecule has 0 atom stereocenters. The fourth-order valence-electron chi connectivity index (χ4n) is 3.40. The Hall–Kier alpha value is 0.488. The summed E-state index contributed by atoms with van der Waals surface area (Å²) < 4.78 is 22.1.